The van der Waals surface area contributed by atoms with Crippen molar-refractivity contribution in [3.05, 3.63) is 59.7 Å². The highest BCUT2D eigenvalue weighted by Crippen LogP contribution is 2.47. The van der Waals surface area contributed by atoms with Crippen molar-refractivity contribution >= 4 is 0 Å². The molecule has 0 unspecified atom stereocenters. The van der Waals surface area contributed by atoms with E-state index in [1.165, 1.54) is 56.1 Å². The number of hydrogen-bond donors (Lipinski definition) is 2. The van der Waals surface area contributed by atoms with Crippen molar-refractivity contribution in [3.63, 3.8) is 0 Å². The minimum absolute atomic E-state index is 0.00131. The molecule has 0 atom stereocenters. The van der Waals surface area contributed by atoms with Crippen LogP contribution < -0.4 is 0 Å². The van der Waals surface area contributed by atoms with Crippen molar-refractivity contribution in [2.24, 2.45) is 5.92 Å². The maximum Gasteiger partial charge on any atom is 0.115 e. The molecule has 3 rings (SSSR count). The first-order valence-electron chi connectivity index (χ1n) is 10.2. The summed E-state index contributed by atoms with van der Waals surface area (Å²) in [5.74, 6) is 1.48. The molecule has 26 heavy (non-hydrogen) atoms. The minimum atomic E-state index is 0.00131. The van der Waals surface area contributed by atoms with Gasteiger partial charge in [0.25, 0.3) is 0 Å². The molecule has 1 aliphatic rings. The Morgan fingerprint density at radius 1 is 0.769 bits per heavy atom. The topological polar surface area (TPSA) is 40.5 Å². The second-order valence-electron chi connectivity index (χ2n) is 7.97. The molecule has 1 saturated carbocycles. The fraction of sp³-hybridized carbons (Fsp3) is 0.500. The van der Waals surface area contributed by atoms with Crippen LogP contribution in [0.1, 0.15) is 75.8 Å². The lowest BCUT2D eigenvalue weighted by Crippen LogP contribution is -2.33. The van der Waals surface area contributed by atoms with E-state index in [1.807, 2.05) is 0 Å². The van der Waals surface area contributed by atoms with Crippen LogP contribution in [0.2, 0.25) is 0 Å². The Kier molecular flexibility index (Phi) is 6.24. The number of phenolic OH excluding ortho intramolecular Hbond substituents is 2. The summed E-state index contributed by atoms with van der Waals surface area (Å²) >= 11 is 0. The Labute approximate surface area is 157 Å². The number of hydrogen-bond acceptors (Lipinski definition) is 2. The standard InChI is InChI=1S/C24H32O2/c1-2-3-4-5-6-19-15-17-24(18-16-19,20-7-11-22(25)12-8-20)21-9-13-23(26)14-10-21/h7-14,19,25-26H,2-6,15-18H2,1H3. The smallest absolute Gasteiger partial charge is 0.115 e. The monoisotopic (exact) mass is 352 g/mol. The highest BCUT2D eigenvalue weighted by Gasteiger charge is 2.38. The average molecular weight is 353 g/mol. The zero-order chi connectivity index (χ0) is 18.4. The first-order valence-corrected chi connectivity index (χ1v) is 10.2. The molecule has 0 radical (unpaired) electrons. The Balaban J connectivity index is 1.78. The summed E-state index contributed by atoms with van der Waals surface area (Å²) in [7, 11) is 0. The molecule has 140 valence electrons. The van der Waals surface area contributed by atoms with Gasteiger partial charge in [-0.05, 0) is 67.0 Å². The van der Waals surface area contributed by atoms with Crippen molar-refractivity contribution in [3.8, 4) is 11.5 Å². The van der Waals surface area contributed by atoms with E-state index in [-0.39, 0.29) is 5.41 Å². The van der Waals surface area contributed by atoms with Crippen molar-refractivity contribution in [1.82, 2.24) is 0 Å². The van der Waals surface area contributed by atoms with Crippen LogP contribution in [0.5, 0.6) is 11.5 Å². The number of aromatic hydroxyl groups is 2. The van der Waals surface area contributed by atoms with E-state index >= 15 is 0 Å². The summed E-state index contributed by atoms with van der Waals surface area (Å²) in [5, 5.41) is 19.4. The lowest BCUT2D eigenvalue weighted by atomic mass is 9.62. The third-order valence-corrected chi connectivity index (χ3v) is 6.26. The first kappa shape index (κ1) is 18.8. The maximum absolute atomic E-state index is 9.70. The largest absolute Gasteiger partial charge is 0.508 e. The van der Waals surface area contributed by atoms with Gasteiger partial charge in [-0.3, -0.25) is 0 Å². The third kappa shape index (κ3) is 4.23. The number of phenols is 2. The molecular formula is C24H32O2. The van der Waals surface area contributed by atoms with Crippen molar-refractivity contribution in [2.45, 2.75) is 70.1 Å². The lowest BCUT2D eigenvalue weighted by molar-refractivity contribution is 0.250. The third-order valence-electron chi connectivity index (χ3n) is 6.26. The summed E-state index contributed by atoms with van der Waals surface area (Å²) in [4.78, 5) is 0. The SMILES string of the molecule is CCCCCCC1CCC(c2ccc(O)cc2)(c2ccc(O)cc2)CC1. The highest BCUT2D eigenvalue weighted by molar-refractivity contribution is 5.43. The first-order chi connectivity index (χ1) is 12.6. The Bertz CT molecular complexity index is 617. The minimum Gasteiger partial charge on any atom is -0.508 e. The van der Waals surface area contributed by atoms with Gasteiger partial charge in [-0.1, -0.05) is 63.3 Å². The molecular weight excluding hydrogens is 320 g/mol. The van der Waals surface area contributed by atoms with Gasteiger partial charge >= 0.3 is 0 Å². The zero-order valence-electron chi connectivity index (χ0n) is 16.0. The van der Waals surface area contributed by atoms with Gasteiger partial charge in [0.2, 0.25) is 0 Å². The normalized spacial score (nSPS) is 17.3. The second-order valence-corrected chi connectivity index (χ2v) is 7.97. The predicted octanol–water partition coefficient (Wildman–Crippen LogP) is 6.54. The second kappa shape index (κ2) is 8.62. The van der Waals surface area contributed by atoms with Gasteiger partial charge in [0.05, 0.1) is 0 Å². The van der Waals surface area contributed by atoms with E-state index in [2.05, 4.69) is 31.2 Å². The van der Waals surface area contributed by atoms with Crippen LogP contribution in [-0.4, -0.2) is 10.2 Å². The van der Waals surface area contributed by atoms with Gasteiger partial charge in [0.15, 0.2) is 0 Å². The highest BCUT2D eigenvalue weighted by atomic mass is 16.3. The number of unbranched alkanes of at least 4 members (excludes halogenated alkanes) is 3. The van der Waals surface area contributed by atoms with Crippen molar-refractivity contribution < 1.29 is 10.2 Å². The molecule has 2 aromatic rings. The molecule has 0 saturated heterocycles. The number of rotatable bonds is 7. The van der Waals surface area contributed by atoms with Gasteiger partial charge < -0.3 is 10.2 Å². The van der Waals surface area contributed by atoms with E-state index in [0.717, 1.165) is 18.8 Å². The summed E-state index contributed by atoms with van der Waals surface area (Å²) in [6.45, 7) is 2.27. The molecule has 0 spiro atoms. The van der Waals surface area contributed by atoms with E-state index < -0.39 is 0 Å². The molecule has 0 heterocycles. The summed E-state index contributed by atoms with van der Waals surface area (Å²) in [6, 6.07) is 15.5. The molecule has 2 aromatic carbocycles. The van der Waals surface area contributed by atoms with Gasteiger partial charge in [-0.25, -0.2) is 0 Å². The van der Waals surface area contributed by atoms with Crippen LogP contribution in [0.3, 0.4) is 0 Å². The molecule has 2 nitrogen and oxygen atoms in total. The molecule has 1 fully saturated rings. The Morgan fingerprint density at radius 2 is 1.27 bits per heavy atom. The van der Waals surface area contributed by atoms with Gasteiger partial charge in [0.1, 0.15) is 11.5 Å². The van der Waals surface area contributed by atoms with Crippen LogP contribution in [-0.2, 0) is 5.41 Å². The Morgan fingerprint density at radius 3 is 1.73 bits per heavy atom. The predicted molar refractivity (Wildman–Crippen MR) is 108 cm³/mol. The van der Waals surface area contributed by atoms with E-state index in [4.69, 9.17) is 0 Å². The van der Waals surface area contributed by atoms with Crippen LogP contribution in [0, 0.1) is 5.92 Å². The average Bonchev–Trinajstić information content (AvgIpc) is 2.67. The van der Waals surface area contributed by atoms with Crippen molar-refractivity contribution in [2.75, 3.05) is 0 Å². The number of benzene rings is 2. The molecule has 0 bridgehead atoms. The molecule has 0 aliphatic heterocycles. The quantitative estimate of drug-likeness (QED) is 0.555. The zero-order valence-corrected chi connectivity index (χ0v) is 16.0. The molecule has 2 heteroatoms. The van der Waals surface area contributed by atoms with Gasteiger partial charge in [0, 0.05) is 5.41 Å². The molecule has 2 N–H and O–H groups in total. The fourth-order valence-electron chi connectivity index (χ4n) is 4.62. The van der Waals surface area contributed by atoms with Crippen LogP contribution >= 0.6 is 0 Å². The van der Waals surface area contributed by atoms with E-state index in [0.29, 0.717) is 11.5 Å². The van der Waals surface area contributed by atoms with Crippen LogP contribution in [0.15, 0.2) is 48.5 Å². The van der Waals surface area contributed by atoms with Gasteiger partial charge in [-0.15, -0.1) is 0 Å². The van der Waals surface area contributed by atoms with E-state index in [1.54, 1.807) is 24.3 Å². The Hall–Kier alpha value is -1.96. The summed E-state index contributed by atoms with van der Waals surface area (Å²) in [5.41, 5.74) is 2.57. The summed E-state index contributed by atoms with van der Waals surface area (Å²) in [6.07, 6.45) is 11.6. The lowest BCUT2D eigenvalue weighted by Gasteiger charge is -2.41. The maximum atomic E-state index is 9.70. The fourth-order valence-corrected chi connectivity index (χ4v) is 4.62. The van der Waals surface area contributed by atoms with Gasteiger partial charge in [-0.2, -0.15) is 0 Å². The molecule has 0 amide bonds. The van der Waals surface area contributed by atoms with Crippen molar-refractivity contribution in [1.29, 1.82) is 0 Å². The van der Waals surface area contributed by atoms with E-state index in [9.17, 15) is 10.2 Å². The summed E-state index contributed by atoms with van der Waals surface area (Å²) < 4.78 is 0. The van der Waals surface area contributed by atoms with Crippen LogP contribution in [0.25, 0.3) is 0 Å². The molecule has 0 aromatic heterocycles. The van der Waals surface area contributed by atoms with Crippen LogP contribution in [0.4, 0.5) is 0 Å². The molecule has 1 aliphatic carbocycles.